The number of carbonyl (C=O) groups excluding carboxylic acids is 2. The van der Waals surface area contributed by atoms with Gasteiger partial charge in [-0.3, -0.25) is 5.32 Å². The van der Waals surface area contributed by atoms with E-state index in [-0.39, 0.29) is 0 Å². The SMILES string of the molecule is CC(C)(C)OC(=O)Nc1cc(OC(=O)OC(C)(C)C)c2ccccc2c1. The van der Waals surface area contributed by atoms with E-state index in [2.05, 4.69) is 5.32 Å². The summed E-state index contributed by atoms with van der Waals surface area (Å²) in [6.45, 7) is 10.6. The molecule has 0 aliphatic heterocycles. The predicted octanol–water partition coefficient (Wildman–Crippen LogP) is 5.50. The summed E-state index contributed by atoms with van der Waals surface area (Å²) in [5.74, 6) is 0.295. The molecule has 26 heavy (non-hydrogen) atoms. The van der Waals surface area contributed by atoms with Crippen molar-refractivity contribution in [2.75, 3.05) is 5.32 Å². The molecule has 2 rings (SSSR count). The Kier molecular flexibility index (Phi) is 5.44. The number of ether oxygens (including phenoxy) is 3. The van der Waals surface area contributed by atoms with Crippen LogP contribution in [0.5, 0.6) is 5.75 Å². The van der Waals surface area contributed by atoms with Crippen molar-refractivity contribution in [3.05, 3.63) is 36.4 Å². The van der Waals surface area contributed by atoms with E-state index < -0.39 is 23.5 Å². The molecule has 0 heterocycles. The van der Waals surface area contributed by atoms with Crippen molar-refractivity contribution in [2.24, 2.45) is 0 Å². The summed E-state index contributed by atoms with van der Waals surface area (Å²) in [7, 11) is 0. The van der Waals surface area contributed by atoms with Gasteiger partial charge in [0, 0.05) is 17.1 Å². The predicted molar refractivity (Wildman–Crippen MR) is 101 cm³/mol. The third-order valence-corrected chi connectivity index (χ3v) is 3.05. The molecule has 0 saturated heterocycles. The minimum atomic E-state index is -0.808. The maximum absolute atomic E-state index is 12.0. The van der Waals surface area contributed by atoms with Crippen LogP contribution in [0, 0.1) is 0 Å². The highest BCUT2D eigenvalue weighted by molar-refractivity contribution is 5.96. The van der Waals surface area contributed by atoms with Crippen LogP contribution in [0.1, 0.15) is 41.5 Å². The highest BCUT2D eigenvalue weighted by Crippen LogP contribution is 2.31. The van der Waals surface area contributed by atoms with E-state index in [1.807, 2.05) is 24.3 Å². The molecule has 1 N–H and O–H groups in total. The lowest BCUT2D eigenvalue weighted by atomic mass is 10.1. The number of nitrogens with one attached hydrogen (secondary N) is 1. The second-order valence-corrected chi connectivity index (χ2v) is 7.89. The van der Waals surface area contributed by atoms with Gasteiger partial charge in [0.15, 0.2) is 0 Å². The quantitative estimate of drug-likeness (QED) is 0.566. The number of amides is 1. The molecule has 2 aromatic carbocycles. The topological polar surface area (TPSA) is 73.9 Å². The minimum absolute atomic E-state index is 0.295. The largest absolute Gasteiger partial charge is 0.514 e. The molecule has 0 saturated carbocycles. The first-order chi connectivity index (χ1) is 11.9. The van der Waals surface area contributed by atoms with Gasteiger partial charge in [0.1, 0.15) is 17.0 Å². The monoisotopic (exact) mass is 359 g/mol. The first kappa shape index (κ1) is 19.6. The van der Waals surface area contributed by atoms with Crippen molar-refractivity contribution < 1.29 is 23.8 Å². The molecule has 6 heteroatoms. The summed E-state index contributed by atoms with van der Waals surface area (Å²) < 4.78 is 15.8. The molecular formula is C20H25NO5. The van der Waals surface area contributed by atoms with Crippen molar-refractivity contribution >= 4 is 28.7 Å². The van der Waals surface area contributed by atoms with E-state index in [1.165, 1.54) is 0 Å². The molecule has 140 valence electrons. The van der Waals surface area contributed by atoms with Crippen molar-refractivity contribution in [3.8, 4) is 5.75 Å². The van der Waals surface area contributed by atoms with E-state index in [0.717, 1.165) is 10.8 Å². The van der Waals surface area contributed by atoms with Crippen molar-refractivity contribution in [1.82, 2.24) is 0 Å². The first-order valence-electron chi connectivity index (χ1n) is 8.37. The number of anilines is 1. The van der Waals surface area contributed by atoms with Crippen molar-refractivity contribution in [3.63, 3.8) is 0 Å². The summed E-state index contributed by atoms with van der Waals surface area (Å²) in [6, 6.07) is 10.7. The second-order valence-electron chi connectivity index (χ2n) is 7.89. The van der Waals surface area contributed by atoms with E-state index in [1.54, 1.807) is 53.7 Å². The molecule has 2 aromatic rings. The third-order valence-electron chi connectivity index (χ3n) is 3.05. The average Bonchev–Trinajstić information content (AvgIpc) is 2.42. The summed E-state index contributed by atoms with van der Waals surface area (Å²) in [4.78, 5) is 24.1. The van der Waals surface area contributed by atoms with Crippen LogP contribution in [-0.4, -0.2) is 23.5 Å². The lowest BCUT2D eigenvalue weighted by molar-refractivity contribution is 0.0209. The Bertz CT molecular complexity index is 815. The van der Waals surface area contributed by atoms with Crippen LogP contribution < -0.4 is 10.1 Å². The molecule has 0 aromatic heterocycles. The van der Waals surface area contributed by atoms with Gasteiger partial charge in [-0.25, -0.2) is 9.59 Å². The standard InChI is InChI=1S/C20H25NO5/c1-19(2,3)25-17(22)21-14-11-13-9-7-8-10-15(13)16(12-14)24-18(23)26-20(4,5)6/h7-12H,1-6H3,(H,21,22). The average molecular weight is 359 g/mol. The van der Waals surface area contributed by atoms with Gasteiger partial charge in [-0.2, -0.15) is 0 Å². The van der Waals surface area contributed by atoms with Crippen LogP contribution >= 0.6 is 0 Å². The lowest BCUT2D eigenvalue weighted by Crippen LogP contribution is -2.27. The summed E-state index contributed by atoms with van der Waals surface area (Å²) in [5, 5.41) is 4.19. The Labute approximate surface area is 153 Å². The smallest absolute Gasteiger partial charge is 0.444 e. The number of carbonyl (C=O) groups is 2. The highest BCUT2D eigenvalue weighted by Gasteiger charge is 2.20. The fourth-order valence-electron chi connectivity index (χ4n) is 2.21. The summed E-state index contributed by atoms with van der Waals surface area (Å²) >= 11 is 0. The molecule has 0 radical (unpaired) electrons. The number of hydrogen-bond donors (Lipinski definition) is 1. The molecule has 0 fully saturated rings. The number of rotatable bonds is 2. The molecule has 0 atom stereocenters. The first-order valence-corrected chi connectivity index (χ1v) is 8.37. The fraction of sp³-hybridized carbons (Fsp3) is 0.400. The number of fused-ring (bicyclic) bond motifs is 1. The fourth-order valence-corrected chi connectivity index (χ4v) is 2.21. The van der Waals surface area contributed by atoms with Crippen LogP contribution in [-0.2, 0) is 9.47 Å². The lowest BCUT2D eigenvalue weighted by Gasteiger charge is -2.20. The summed E-state index contributed by atoms with van der Waals surface area (Å²) in [6.07, 6.45) is -1.40. The zero-order valence-electron chi connectivity index (χ0n) is 16.0. The summed E-state index contributed by atoms with van der Waals surface area (Å²) in [5.41, 5.74) is -0.827. The Balaban J connectivity index is 2.30. The maximum Gasteiger partial charge on any atom is 0.514 e. The second kappa shape index (κ2) is 7.23. The molecular weight excluding hydrogens is 334 g/mol. The van der Waals surface area contributed by atoms with Crippen LogP contribution in [0.3, 0.4) is 0 Å². The van der Waals surface area contributed by atoms with Gasteiger partial charge >= 0.3 is 12.2 Å². The zero-order chi connectivity index (χ0) is 19.5. The Morgan fingerprint density at radius 2 is 1.50 bits per heavy atom. The molecule has 0 bridgehead atoms. The van der Waals surface area contributed by atoms with Gasteiger partial charge in [0.25, 0.3) is 0 Å². The van der Waals surface area contributed by atoms with Gasteiger partial charge in [0.05, 0.1) is 0 Å². The van der Waals surface area contributed by atoms with Crippen molar-refractivity contribution in [1.29, 1.82) is 0 Å². The van der Waals surface area contributed by atoms with E-state index >= 15 is 0 Å². The number of hydrogen-bond acceptors (Lipinski definition) is 5. The number of benzene rings is 2. The molecule has 1 amide bonds. The molecule has 0 unspecified atom stereocenters. The molecule has 0 spiro atoms. The normalized spacial score (nSPS) is 11.8. The van der Waals surface area contributed by atoms with E-state index in [9.17, 15) is 9.59 Å². The van der Waals surface area contributed by atoms with E-state index in [4.69, 9.17) is 14.2 Å². The van der Waals surface area contributed by atoms with Gasteiger partial charge in [-0.1, -0.05) is 24.3 Å². The van der Waals surface area contributed by atoms with Crippen LogP contribution in [0.25, 0.3) is 10.8 Å². The molecule has 0 aliphatic carbocycles. The third kappa shape index (κ3) is 5.95. The van der Waals surface area contributed by atoms with Crippen molar-refractivity contribution in [2.45, 2.75) is 52.7 Å². The Morgan fingerprint density at radius 1 is 0.885 bits per heavy atom. The molecule has 6 nitrogen and oxygen atoms in total. The van der Waals surface area contributed by atoms with Crippen LogP contribution in [0.4, 0.5) is 15.3 Å². The Morgan fingerprint density at radius 3 is 2.12 bits per heavy atom. The van der Waals surface area contributed by atoms with Gasteiger partial charge < -0.3 is 14.2 Å². The maximum atomic E-state index is 12.0. The highest BCUT2D eigenvalue weighted by atomic mass is 16.7. The van der Waals surface area contributed by atoms with Gasteiger partial charge in [-0.15, -0.1) is 0 Å². The van der Waals surface area contributed by atoms with E-state index in [0.29, 0.717) is 11.4 Å². The van der Waals surface area contributed by atoms with Gasteiger partial charge in [0.2, 0.25) is 0 Å². The van der Waals surface area contributed by atoms with Gasteiger partial charge in [-0.05, 0) is 53.0 Å². The van der Waals surface area contributed by atoms with Crippen LogP contribution in [0.15, 0.2) is 36.4 Å². The van der Waals surface area contributed by atoms with Crippen LogP contribution in [0.2, 0.25) is 0 Å². The zero-order valence-corrected chi connectivity index (χ0v) is 16.0. The Hall–Kier alpha value is -2.76. The minimum Gasteiger partial charge on any atom is -0.444 e. The molecule has 0 aliphatic rings.